The van der Waals surface area contributed by atoms with Crippen molar-refractivity contribution in [2.24, 2.45) is 0 Å². The molecule has 0 radical (unpaired) electrons. The maximum Gasteiger partial charge on any atom is 0.241 e. The van der Waals surface area contributed by atoms with Crippen LogP contribution in [0.3, 0.4) is 0 Å². The second-order valence-corrected chi connectivity index (χ2v) is 7.10. The van der Waals surface area contributed by atoms with Gasteiger partial charge in [0.1, 0.15) is 5.82 Å². The van der Waals surface area contributed by atoms with Gasteiger partial charge in [-0.25, -0.2) is 17.5 Å². The number of halogens is 2. The molecule has 1 fully saturated rings. The molecule has 0 spiro atoms. The summed E-state index contributed by atoms with van der Waals surface area (Å²) in [7, 11) is -2.02. The van der Waals surface area contributed by atoms with Gasteiger partial charge in [0.2, 0.25) is 10.0 Å². The van der Waals surface area contributed by atoms with Gasteiger partial charge in [-0.3, -0.25) is 0 Å². The maximum atomic E-state index is 13.0. The van der Waals surface area contributed by atoms with Crippen molar-refractivity contribution < 1.29 is 17.5 Å². The molecule has 7 heteroatoms. The van der Waals surface area contributed by atoms with E-state index in [1.165, 1.54) is 6.07 Å². The Balaban J connectivity index is 2.14. The van der Waals surface area contributed by atoms with Crippen molar-refractivity contribution in [3.8, 4) is 0 Å². The summed E-state index contributed by atoms with van der Waals surface area (Å²) in [5.41, 5.74) is 0. The average Bonchev–Trinajstić information content (AvgIpc) is 2.75. The summed E-state index contributed by atoms with van der Waals surface area (Å²) in [5.74, 6) is -0.480. The lowest BCUT2D eigenvalue weighted by Crippen LogP contribution is -2.33. The number of ether oxygens (including phenoxy) is 1. The van der Waals surface area contributed by atoms with Crippen molar-refractivity contribution in [2.75, 3.05) is 7.11 Å². The highest BCUT2D eigenvalue weighted by Crippen LogP contribution is 2.26. The smallest absolute Gasteiger partial charge is 0.241 e. The molecule has 19 heavy (non-hydrogen) atoms. The van der Waals surface area contributed by atoms with Crippen LogP contribution in [-0.4, -0.2) is 27.7 Å². The average molecular weight is 352 g/mol. The third kappa shape index (κ3) is 3.53. The van der Waals surface area contributed by atoms with Crippen molar-refractivity contribution in [2.45, 2.75) is 36.3 Å². The largest absolute Gasteiger partial charge is 0.381 e. The molecule has 2 rings (SSSR count). The Morgan fingerprint density at radius 1 is 1.42 bits per heavy atom. The molecular weight excluding hydrogens is 337 g/mol. The van der Waals surface area contributed by atoms with Crippen LogP contribution in [0.15, 0.2) is 27.6 Å². The first-order chi connectivity index (χ1) is 8.92. The quantitative estimate of drug-likeness (QED) is 0.906. The minimum absolute atomic E-state index is 0.0507. The first kappa shape index (κ1) is 14.9. The normalized spacial score (nSPS) is 23.7. The molecule has 0 amide bonds. The predicted octanol–water partition coefficient (Wildman–Crippen LogP) is 2.43. The molecule has 1 aromatic rings. The molecule has 1 aliphatic carbocycles. The zero-order chi connectivity index (χ0) is 14.0. The number of methoxy groups -OCH3 is 1. The lowest BCUT2D eigenvalue weighted by atomic mass is 10.3. The summed E-state index contributed by atoms with van der Waals surface area (Å²) < 4.78 is 45.5. The SMILES string of the molecule is COC1CCC(NS(=O)(=O)c2ccc(F)cc2Br)C1. The van der Waals surface area contributed by atoms with Crippen molar-refractivity contribution in [1.29, 1.82) is 0 Å². The van der Waals surface area contributed by atoms with Crippen molar-refractivity contribution >= 4 is 26.0 Å². The van der Waals surface area contributed by atoms with E-state index in [1.807, 2.05) is 0 Å². The second-order valence-electron chi connectivity index (χ2n) is 4.56. The van der Waals surface area contributed by atoms with Crippen LogP contribution in [0.25, 0.3) is 0 Å². The van der Waals surface area contributed by atoms with Gasteiger partial charge >= 0.3 is 0 Å². The molecule has 0 aromatic heterocycles. The molecule has 1 aromatic carbocycles. The van der Waals surface area contributed by atoms with Crippen LogP contribution in [0.2, 0.25) is 0 Å². The lowest BCUT2D eigenvalue weighted by molar-refractivity contribution is 0.107. The topological polar surface area (TPSA) is 55.4 Å². The van der Waals surface area contributed by atoms with Gasteiger partial charge in [-0.1, -0.05) is 0 Å². The third-order valence-corrected chi connectivity index (χ3v) is 5.72. The van der Waals surface area contributed by atoms with Crippen LogP contribution in [0.4, 0.5) is 4.39 Å². The highest BCUT2D eigenvalue weighted by molar-refractivity contribution is 9.10. The van der Waals surface area contributed by atoms with E-state index in [4.69, 9.17) is 4.74 Å². The predicted molar refractivity (Wildman–Crippen MR) is 72.9 cm³/mol. The number of rotatable bonds is 4. The fourth-order valence-corrected chi connectivity index (χ4v) is 4.57. The minimum atomic E-state index is -3.64. The fourth-order valence-electron chi connectivity index (χ4n) is 2.24. The van der Waals surface area contributed by atoms with E-state index in [2.05, 4.69) is 20.7 Å². The Morgan fingerprint density at radius 2 is 2.16 bits per heavy atom. The van der Waals surface area contributed by atoms with E-state index in [0.717, 1.165) is 25.0 Å². The number of benzene rings is 1. The van der Waals surface area contributed by atoms with Crippen LogP contribution in [-0.2, 0) is 14.8 Å². The van der Waals surface area contributed by atoms with E-state index in [9.17, 15) is 12.8 Å². The molecule has 0 saturated heterocycles. The minimum Gasteiger partial charge on any atom is -0.381 e. The molecule has 2 atom stereocenters. The van der Waals surface area contributed by atoms with Crippen LogP contribution in [0, 0.1) is 5.82 Å². The highest BCUT2D eigenvalue weighted by Gasteiger charge is 2.29. The number of hydrogen-bond acceptors (Lipinski definition) is 3. The molecule has 0 aliphatic heterocycles. The Morgan fingerprint density at radius 3 is 2.74 bits per heavy atom. The molecule has 1 aliphatic rings. The van der Waals surface area contributed by atoms with Gasteiger partial charge in [0, 0.05) is 17.6 Å². The van der Waals surface area contributed by atoms with Gasteiger partial charge in [-0.05, 0) is 53.4 Å². The number of hydrogen-bond donors (Lipinski definition) is 1. The standard InChI is InChI=1S/C12H15BrFNO3S/c1-18-10-4-3-9(7-10)15-19(16,17)12-5-2-8(14)6-11(12)13/h2,5-6,9-10,15H,3-4,7H2,1H3. The number of sulfonamides is 1. The van der Waals surface area contributed by atoms with Crippen molar-refractivity contribution in [3.63, 3.8) is 0 Å². The Labute approximate surface area is 120 Å². The zero-order valence-corrected chi connectivity index (χ0v) is 12.8. The van der Waals surface area contributed by atoms with E-state index in [1.54, 1.807) is 7.11 Å². The summed E-state index contributed by atoms with van der Waals surface area (Å²) in [5, 5.41) is 0. The van der Waals surface area contributed by atoms with Gasteiger partial charge in [0.25, 0.3) is 0 Å². The summed E-state index contributed by atoms with van der Waals surface area (Å²) in [6.45, 7) is 0. The van der Waals surface area contributed by atoms with Crippen LogP contribution >= 0.6 is 15.9 Å². The van der Waals surface area contributed by atoms with E-state index in [-0.39, 0.29) is 21.5 Å². The zero-order valence-electron chi connectivity index (χ0n) is 10.4. The molecule has 1 N–H and O–H groups in total. The second kappa shape index (κ2) is 5.87. The summed E-state index contributed by atoms with van der Waals surface area (Å²) >= 11 is 3.07. The van der Waals surface area contributed by atoms with Gasteiger partial charge < -0.3 is 4.74 Å². The van der Waals surface area contributed by atoms with Gasteiger partial charge in [-0.15, -0.1) is 0 Å². The van der Waals surface area contributed by atoms with Crippen molar-refractivity contribution in [1.82, 2.24) is 4.72 Å². The summed E-state index contributed by atoms with van der Waals surface area (Å²) in [6.07, 6.45) is 2.35. The molecule has 0 heterocycles. The summed E-state index contributed by atoms with van der Waals surface area (Å²) in [4.78, 5) is 0.0507. The van der Waals surface area contributed by atoms with Crippen LogP contribution in [0.5, 0.6) is 0 Å². The fraction of sp³-hybridized carbons (Fsp3) is 0.500. The Bertz CT molecular complexity index is 564. The first-order valence-corrected chi connectivity index (χ1v) is 8.20. The van der Waals surface area contributed by atoms with Crippen LogP contribution < -0.4 is 4.72 Å². The van der Waals surface area contributed by atoms with Gasteiger partial charge in [0.05, 0.1) is 11.0 Å². The monoisotopic (exact) mass is 351 g/mol. The Kier molecular flexibility index (Phi) is 4.60. The van der Waals surface area contributed by atoms with E-state index in [0.29, 0.717) is 6.42 Å². The molecule has 4 nitrogen and oxygen atoms in total. The molecule has 0 bridgehead atoms. The van der Waals surface area contributed by atoms with Gasteiger partial charge in [0.15, 0.2) is 0 Å². The third-order valence-electron chi connectivity index (χ3n) is 3.22. The molecular formula is C12H15BrFNO3S. The molecule has 106 valence electrons. The molecule has 1 saturated carbocycles. The highest BCUT2D eigenvalue weighted by atomic mass is 79.9. The van der Waals surface area contributed by atoms with E-state index < -0.39 is 15.8 Å². The molecule has 2 unspecified atom stereocenters. The lowest BCUT2D eigenvalue weighted by Gasteiger charge is -2.14. The van der Waals surface area contributed by atoms with Gasteiger partial charge in [-0.2, -0.15) is 0 Å². The van der Waals surface area contributed by atoms with E-state index >= 15 is 0 Å². The van der Waals surface area contributed by atoms with Crippen LogP contribution in [0.1, 0.15) is 19.3 Å². The first-order valence-electron chi connectivity index (χ1n) is 5.92. The number of nitrogens with one attached hydrogen (secondary N) is 1. The maximum absolute atomic E-state index is 13.0. The summed E-state index contributed by atoms with van der Waals surface area (Å²) in [6, 6.07) is 3.39. The Hall–Kier alpha value is -0.500. The van der Waals surface area contributed by atoms with Crippen molar-refractivity contribution in [3.05, 3.63) is 28.5 Å².